The summed E-state index contributed by atoms with van der Waals surface area (Å²) >= 11 is 0. The molecule has 0 bridgehead atoms. The molecule has 3 rings (SSSR count). The smallest absolute Gasteiger partial charge is 0.391 e. The van der Waals surface area contributed by atoms with Gasteiger partial charge >= 0.3 is 6.18 Å². The van der Waals surface area contributed by atoms with Crippen molar-refractivity contribution in [3.63, 3.8) is 0 Å². The van der Waals surface area contributed by atoms with Crippen molar-refractivity contribution in [1.29, 1.82) is 0 Å². The van der Waals surface area contributed by atoms with Crippen molar-refractivity contribution in [3.05, 3.63) is 35.4 Å². The number of hydrogen-bond donors (Lipinski definition) is 2. The van der Waals surface area contributed by atoms with E-state index in [1.54, 1.807) is 12.1 Å². The molecule has 0 saturated carbocycles. The van der Waals surface area contributed by atoms with Crippen LogP contribution in [0.1, 0.15) is 43.4 Å². The number of guanidine groups is 1. The van der Waals surface area contributed by atoms with Crippen LogP contribution in [0.3, 0.4) is 0 Å². The molecular formula is C21H31F3N4O. The number of piperidine rings is 1. The minimum absolute atomic E-state index is 0.0434. The maximum absolute atomic E-state index is 12.9. The summed E-state index contributed by atoms with van der Waals surface area (Å²) in [5.41, 5.74) is 0.290. The van der Waals surface area contributed by atoms with Crippen LogP contribution in [-0.2, 0) is 6.18 Å². The zero-order valence-corrected chi connectivity index (χ0v) is 17.1. The average molecular weight is 413 g/mol. The number of alkyl halides is 3. The van der Waals surface area contributed by atoms with Crippen molar-refractivity contribution < 1.29 is 18.3 Å². The Morgan fingerprint density at radius 2 is 1.93 bits per heavy atom. The van der Waals surface area contributed by atoms with Gasteiger partial charge in [-0.2, -0.15) is 13.2 Å². The van der Waals surface area contributed by atoms with E-state index in [0.29, 0.717) is 13.1 Å². The third kappa shape index (κ3) is 5.42. The summed E-state index contributed by atoms with van der Waals surface area (Å²) in [6.45, 7) is 5.65. The van der Waals surface area contributed by atoms with Gasteiger partial charge in [-0.25, -0.2) is 0 Å². The van der Waals surface area contributed by atoms with Crippen molar-refractivity contribution in [1.82, 2.24) is 15.1 Å². The number of aliphatic imine (C=N–C) groups is 1. The molecule has 5 nitrogen and oxygen atoms in total. The van der Waals surface area contributed by atoms with Crippen LogP contribution in [0.15, 0.2) is 29.3 Å². The van der Waals surface area contributed by atoms with Gasteiger partial charge < -0.3 is 15.3 Å². The van der Waals surface area contributed by atoms with Gasteiger partial charge in [-0.15, -0.1) is 0 Å². The molecule has 2 saturated heterocycles. The SMILES string of the molecule is CCNC(=NCC1CCCN(C)C1c1ccc(C(F)(F)F)cc1)N1CC[C@@H](O)C1. The molecule has 2 aliphatic heterocycles. The van der Waals surface area contributed by atoms with E-state index in [9.17, 15) is 18.3 Å². The molecule has 0 amide bonds. The predicted molar refractivity (Wildman–Crippen MR) is 108 cm³/mol. The molecule has 0 radical (unpaired) electrons. The molecule has 0 aliphatic carbocycles. The maximum Gasteiger partial charge on any atom is 0.416 e. The summed E-state index contributed by atoms with van der Waals surface area (Å²) < 4.78 is 38.7. The lowest BCUT2D eigenvalue weighted by molar-refractivity contribution is -0.137. The van der Waals surface area contributed by atoms with E-state index >= 15 is 0 Å². The van der Waals surface area contributed by atoms with Gasteiger partial charge in [0.15, 0.2) is 5.96 Å². The number of aliphatic hydroxyl groups is 1. The number of aliphatic hydroxyl groups excluding tert-OH is 1. The van der Waals surface area contributed by atoms with E-state index in [1.807, 2.05) is 14.0 Å². The van der Waals surface area contributed by atoms with Gasteiger partial charge in [-0.1, -0.05) is 12.1 Å². The lowest BCUT2D eigenvalue weighted by atomic mass is 9.84. The van der Waals surface area contributed by atoms with E-state index < -0.39 is 11.7 Å². The highest BCUT2D eigenvalue weighted by atomic mass is 19.4. The van der Waals surface area contributed by atoms with Crippen molar-refractivity contribution in [2.45, 2.75) is 44.5 Å². The highest BCUT2D eigenvalue weighted by Crippen LogP contribution is 2.37. The first-order valence-corrected chi connectivity index (χ1v) is 10.4. The maximum atomic E-state index is 12.9. The van der Waals surface area contributed by atoms with E-state index in [1.165, 1.54) is 12.1 Å². The first-order chi connectivity index (χ1) is 13.8. The minimum atomic E-state index is -4.32. The Kier molecular flexibility index (Phi) is 7.05. The fourth-order valence-electron chi connectivity index (χ4n) is 4.41. The summed E-state index contributed by atoms with van der Waals surface area (Å²) in [6, 6.07) is 5.60. The van der Waals surface area contributed by atoms with Crippen LogP contribution in [0.5, 0.6) is 0 Å². The minimum Gasteiger partial charge on any atom is -0.391 e. The summed E-state index contributed by atoms with van der Waals surface area (Å²) in [5.74, 6) is 1.04. The second-order valence-electron chi connectivity index (χ2n) is 8.03. The summed E-state index contributed by atoms with van der Waals surface area (Å²) in [7, 11) is 2.03. The van der Waals surface area contributed by atoms with Crippen molar-refractivity contribution >= 4 is 5.96 Å². The third-order valence-corrected chi connectivity index (χ3v) is 5.86. The second kappa shape index (κ2) is 9.34. The summed E-state index contributed by atoms with van der Waals surface area (Å²) in [4.78, 5) is 9.13. The van der Waals surface area contributed by atoms with Crippen LogP contribution in [0.4, 0.5) is 13.2 Å². The van der Waals surface area contributed by atoms with Crippen molar-refractivity contribution in [2.75, 3.05) is 39.8 Å². The number of likely N-dealkylation sites (tertiary alicyclic amines) is 2. The second-order valence-corrected chi connectivity index (χ2v) is 8.03. The summed E-state index contributed by atoms with van der Waals surface area (Å²) in [5, 5.41) is 13.1. The average Bonchev–Trinajstić information content (AvgIpc) is 3.11. The highest BCUT2D eigenvalue weighted by molar-refractivity contribution is 5.80. The monoisotopic (exact) mass is 412 g/mol. The van der Waals surface area contributed by atoms with Crippen LogP contribution in [0.25, 0.3) is 0 Å². The lowest BCUT2D eigenvalue weighted by Crippen LogP contribution is -2.42. The molecule has 2 N–H and O–H groups in total. The van der Waals surface area contributed by atoms with Gasteiger partial charge in [0.05, 0.1) is 11.7 Å². The Morgan fingerprint density at radius 3 is 2.52 bits per heavy atom. The molecule has 29 heavy (non-hydrogen) atoms. The third-order valence-electron chi connectivity index (χ3n) is 5.86. The number of nitrogens with zero attached hydrogens (tertiary/aromatic N) is 3. The molecule has 162 valence electrons. The molecular weight excluding hydrogens is 381 g/mol. The number of hydrogen-bond acceptors (Lipinski definition) is 3. The van der Waals surface area contributed by atoms with E-state index in [-0.39, 0.29) is 18.1 Å². The van der Waals surface area contributed by atoms with Gasteiger partial charge in [-0.3, -0.25) is 9.89 Å². The first kappa shape index (κ1) is 21.9. The van der Waals surface area contributed by atoms with Crippen molar-refractivity contribution in [2.24, 2.45) is 10.9 Å². The van der Waals surface area contributed by atoms with Gasteiger partial charge in [-0.05, 0) is 63.4 Å². The normalized spacial score (nSPS) is 26.8. The topological polar surface area (TPSA) is 51.1 Å². The molecule has 2 fully saturated rings. The molecule has 8 heteroatoms. The van der Waals surface area contributed by atoms with Gasteiger partial charge in [0.25, 0.3) is 0 Å². The zero-order chi connectivity index (χ0) is 21.0. The van der Waals surface area contributed by atoms with E-state index in [4.69, 9.17) is 4.99 Å². The number of nitrogens with one attached hydrogen (secondary N) is 1. The van der Waals surface area contributed by atoms with Gasteiger partial charge in [0.1, 0.15) is 0 Å². The number of rotatable bonds is 4. The zero-order valence-electron chi connectivity index (χ0n) is 17.1. The molecule has 1 aromatic carbocycles. The Balaban J connectivity index is 1.77. The molecule has 2 unspecified atom stereocenters. The van der Waals surface area contributed by atoms with Gasteiger partial charge in [0, 0.05) is 32.2 Å². The molecule has 1 aromatic rings. The van der Waals surface area contributed by atoms with E-state index in [2.05, 4.69) is 15.1 Å². The van der Waals surface area contributed by atoms with Crippen LogP contribution in [0.2, 0.25) is 0 Å². The lowest BCUT2D eigenvalue weighted by Gasteiger charge is -2.39. The van der Waals surface area contributed by atoms with Crippen LogP contribution >= 0.6 is 0 Å². The Morgan fingerprint density at radius 1 is 1.21 bits per heavy atom. The summed E-state index contributed by atoms with van der Waals surface area (Å²) in [6.07, 6.45) is -1.86. The molecule has 0 spiro atoms. The Hall–Kier alpha value is -1.80. The fraction of sp³-hybridized carbons (Fsp3) is 0.667. The number of β-amino-alcohol motifs (C(OH)–C–C–N with tert-alkyl or cyclic N) is 1. The molecule has 2 aliphatic rings. The van der Waals surface area contributed by atoms with Gasteiger partial charge in [0.2, 0.25) is 0 Å². The largest absolute Gasteiger partial charge is 0.416 e. The standard InChI is InChI=1S/C21H31F3N4O/c1-3-25-20(28-12-10-18(29)14-28)26-13-16-5-4-11-27(2)19(16)15-6-8-17(9-7-15)21(22,23)24/h6-9,16,18-19,29H,3-5,10-14H2,1-2H3,(H,25,26)/t16?,18-,19?/m1/s1. The fourth-order valence-corrected chi connectivity index (χ4v) is 4.41. The Bertz CT molecular complexity index is 692. The van der Waals surface area contributed by atoms with E-state index in [0.717, 1.165) is 50.4 Å². The quantitative estimate of drug-likeness (QED) is 0.589. The predicted octanol–water partition coefficient (Wildman–Crippen LogP) is 3.12. The first-order valence-electron chi connectivity index (χ1n) is 10.4. The molecule has 2 heterocycles. The van der Waals surface area contributed by atoms with Crippen LogP contribution in [0, 0.1) is 5.92 Å². The van der Waals surface area contributed by atoms with Crippen LogP contribution < -0.4 is 5.32 Å². The van der Waals surface area contributed by atoms with Crippen LogP contribution in [-0.4, -0.2) is 66.7 Å². The van der Waals surface area contributed by atoms with Crippen molar-refractivity contribution in [3.8, 4) is 0 Å². The Labute approximate surface area is 170 Å². The highest BCUT2D eigenvalue weighted by Gasteiger charge is 2.33. The molecule has 0 aromatic heterocycles. The number of benzene rings is 1. The number of halogens is 3. The molecule has 3 atom stereocenters.